The molecule has 7 aromatic carbocycles. The Kier molecular flexibility index (Phi) is 18.9. The fourth-order valence-electron chi connectivity index (χ4n) is 6.88. The van der Waals surface area contributed by atoms with Gasteiger partial charge in [0.15, 0.2) is 23.1 Å². The third-order valence-corrected chi connectivity index (χ3v) is 10.4. The average Bonchev–Trinajstić information content (AvgIpc) is 3.37. The molecule has 0 aliphatic heterocycles. The Morgan fingerprint density at radius 1 is 0.563 bits per heavy atom. The lowest BCUT2D eigenvalue weighted by molar-refractivity contribution is -0.104. The first-order chi connectivity index (χ1) is 34.4. The van der Waals surface area contributed by atoms with Crippen LogP contribution in [0.5, 0.6) is 28.7 Å². The van der Waals surface area contributed by atoms with Gasteiger partial charge in [0.2, 0.25) is 6.29 Å². The summed E-state index contributed by atoms with van der Waals surface area (Å²) in [5, 5.41) is 20.3. The summed E-state index contributed by atoms with van der Waals surface area (Å²) < 4.78 is 50.3. The number of Topliss-reactive ketones (excluding diaryl/α,β-unsaturated/α-hetero) is 1. The lowest BCUT2D eigenvalue weighted by Crippen LogP contribution is -2.03. The highest BCUT2D eigenvalue weighted by Crippen LogP contribution is 2.33. The van der Waals surface area contributed by atoms with Crippen LogP contribution in [-0.2, 0) is 36.0 Å². The van der Waals surface area contributed by atoms with Crippen molar-refractivity contribution in [3.63, 3.8) is 0 Å². The van der Waals surface area contributed by atoms with E-state index in [0.29, 0.717) is 24.2 Å². The van der Waals surface area contributed by atoms with Crippen molar-refractivity contribution in [3.05, 3.63) is 261 Å². The molecule has 0 unspecified atom stereocenters. The molecule has 0 heterocycles. The molecule has 0 radical (unpaired) electrons. The van der Waals surface area contributed by atoms with Gasteiger partial charge < -0.3 is 29.2 Å². The summed E-state index contributed by atoms with van der Waals surface area (Å²) in [6.45, 7) is 6.22. The van der Waals surface area contributed by atoms with E-state index < -0.39 is 17.4 Å². The summed E-state index contributed by atoms with van der Waals surface area (Å²) in [5.74, 6) is -1.09. The van der Waals surface area contributed by atoms with E-state index in [1.807, 2.05) is 135 Å². The van der Waals surface area contributed by atoms with Crippen molar-refractivity contribution in [2.24, 2.45) is 0 Å². The second-order valence-electron chi connectivity index (χ2n) is 16.1. The van der Waals surface area contributed by atoms with Crippen LogP contribution >= 0.6 is 0 Å². The number of phenolic OH excluding ortho intramolecular Hbond substituents is 2. The number of carbonyl (C=O) groups excluding carboxylic acids is 3. The molecule has 358 valence electrons. The lowest BCUT2D eigenvalue weighted by atomic mass is 10.0. The zero-order valence-electron chi connectivity index (χ0n) is 39.3. The standard InChI is InChI=1S/C30H25FO4.C16H16O3.C14H10FO2/c1-21-16-27(33)30(29(17-21)35-20-24-10-6-3-7-11-24)26(32)14-12-22-13-15-28(25(31)18-22)34-19-23-8-4-2-5-9-23;1-11-8-14(18)16(12(2)17)15(9-11)19-10-13-6-4-3-5-7-13;15-13-8-12(9-16)6-7-14(13)17-10-11-4-2-1-3-5-11/h2-18,33H,19-20H2,1H3;3-9,18H,10H2,1-2H3;1-6,8-9H,10H2/q;;+1/b14-12+;;. The van der Waals surface area contributed by atoms with Gasteiger partial charge in [-0.25, -0.2) is 4.39 Å². The zero-order valence-corrected chi connectivity index (χ0v) is 39.3. The molecule has 0 spiro atoms. The van der Waals surface area contributed by atoms with Crippen molar-refractivity contribution < 1.29 is 52.3 Å². The molecule has 0 aromatic heterocycles. The van der Waals surface area contributed by atoms with Gasteiger partial charge >= 0.3 is 5.76 Å². The highest BCUT2D eigenvalue weighted by atomic mass is 19.1. The van der Waals surface area contributed by atoms with Gasteiger partial charge in [-0.05, 0) is 102 Å². The summed E-state index contributed by atoms with van der Waals surface area (Å²) in [5.41, 5.74) is 6.48. The van der Waals surface area contributed by atoms with Gasteiger partial charge in [0.05, 0.1) is 6.08 Å². The Balaban J connectivity index is 0.000000193. The van der Waals surface area contributed by atoms with E-state index in [1.165, 1.54) is 43.4 Å². The first kappa shape index (κ1) is 51.5. The highest BCUT2D eigenvalue weighted by molar-refractivity contribution is 6.10. The van der Waals surface area contributed by atoms with Crippen molar-refractivity contribution in [2.45, 2.75) is 47.2 Å². The molecule has 11 heteroatoms. The number of carbonyl (C=O) groups is 3. The number of aromatic hydroxyl groups is 2. The summed E-state index contributed by atoms with van der Waals surface area (Å²) >= 11 is 0. The SMILES string of the molecule is CC(=O)c1c(O)cc(C)cc1OCc1ccccc1.Cc1cc(O)c(C(=O)/C=C/c2ccc(OCc3ccccc3)c(F)c2)c(OCc2ccccc2)c1.O=CC1=CC(F)=C(OCc2ccccc2)[C+]=C1. The number of aldehydes is 1. The molecule has 8 rings (SSSR count). The summed E-state index contributed by atoms with van der Waals surface area (Å²) in [4.78, 5) is 34.9. The van der Waals surface area contributed by atoms with Crippen molar-refractivity contribution >= 4 is 23.9 Å². The zero-order chi connectivity index (χ0) is 50.5. The van der Waals surface area contributed by atoms with Crippen LogP contribution < -0.4 is 14.2 Å². The molecule has 0 saturated heterocycles. The minimum atomic E-state index is -0.578. The smallest absolute Gasteiger partial charge is 0.327 e. The minimum Gasteiger partial charge on any atom is -0.507 e. The maximum Gasteiger partial charge on any atom is 0.327 e. The van der Waals surface area contributed by atoms with Gasteiger partial charge in [-0.1, -0.05) is 133 Å². The van der Waals surface area contributed by atoms with Crippen LogP contribution in [0.4, 0.5) is 8.78 Å². The van der Waals surface area contributed by atoms with Gasteiger partial charge in [0.1, 0.15) is 78.3 Å². The van der Waals surface area contributed by atoms with Crippen LogP contribution in [0.25, 0.3) is 6.08 Å². The second-order valence-corrected chi connectivity index (χ2v) is 16.1. The summed E-state index contributed by atoms with van der Waals surface area (Å²) in [6.07, 6.45) is 8.48. The van der Waals surface area contributed by atoms with Gasteiger partial charge in [0.25, 0.3) is 5.83 Å². The molecule has 0 amide bonds. The molecule has 1 aliphatic rings. The van der Waals surface area contributed by atoms with E-state index in [-0.39, 0.29) is 71.1 Å². The van der Waals surface area contributed by atoms with E-state index >= 15 is 0 Å². The normalized spacial score (nSPS) is 11.5. The van der Waals surface area contributed by atoms with Crippen molar-refractivity contribution in [1.29, 1.82) is 0 Å². The predicted molar refractivity (Wildman–Crippen MR) is 269 cm³/mol. The fraction of sp³-hybridized carbons (Fsp3) is 0.117. The molecule has 1 aliphatic carbocycles. The highest BCUT2D eigenvalue weighted by Gasteiger charge is 2.21. The minimum absolute atomic E-state index is 0.0273. The monoisotopic (exact) mass is 953 g/mol. The largest absolute Gasteiger partial charge is 0.507 e. The van der Waals surface area contributed by atoms with E-state index in [2.05, 4.69) is 6.08 Å². The fourth-order valence-corrected chi connectivity index (χ4v) is 6.88. The Hall–Kier alpha value is -8.92. The van der Waals surface area contributed by atoms with Crippen LogP contribution in [0.3, 0.4) is 0 Å². The molecule has 0 saturated carbocycles. The van der Waals surface area contributed by atoms with Gasteiger partial charge in [-0.2, -0.15) is 0 Å². The quantitative estimate of drug-likeness (QED) is 0.0397. The Labute approximate surface area is 411 Å². The second kappa shape index (κ2) is 26.0. The number of ether oxygens (including phenoxy) is 4. The Morgan fingerprint density at radius 2 is 1.00 bits per heavy atom. The Morgan fingerprint density at radius 3 is 1.44 bits per heavy atom. The van der Waals surface area contributed by atoms with Crippen molar-refractivity contribution in [1.82, 2.24) is 0 Å². The van der Waals surface area contributed by atoms with Crippen LogP contribution in [0.1, 0.15) is 66.6 Å². The number of ketones is 2. The number of phenols is 2. The Bertz CT molecular complexity index is 3040. The van der Waals surface area contributed by atoms with Crippen molar-refractivity contribution in [3.8, 4) is 28.7 Å². The molecule has 2 N–H and O–H groups in total. The molecular weight excluding hydrogens is 903 g/mol. The van der Waals surface area contributed by atoms with Crippen molar-refractivity contribution in [2.75, 3.05) is 0 Å². The number of aryl methyl sites for hydroxylation is 2. The first-order valence-corrected chi connectivity index (χ1v) is 22.4. The number of benzene rings is 7. The molecule has 7 aromatic rings. The first-order valence-electron chi connectivity index (χ1n) is 22.4. The molecule has 0 fully saturated rings. The van der Waals surface area contributed by atoms with Crippen LogP contribution in [-0.4, -0.2) is 28.1 Å². The summed E-state index contributed by atoms with van der Waals surface area (Å²) in [7, 11) is 0. The van der Waals surface area contributed by atoms with Gasteiger partial charge in [-0.15, -0.1) is 4.39 Å². The lowest BCUT2D eigenvalue weighted by Gasteiger charge is -2.13. The molecule has 0 atom stereocenters. The van der Waals surface area contributed by atoms with Crippen LogP contribution in [0.15, 0.2) is 199 Å². The van der Waals surface area contributed by atoms with E-state index in [4.69, 9.17) is 18.9 Å². The van der Waals surface area contributed by atoms with Crippen LogP contribution in [0, 0.1) is 25.7 Å². The maximum absolute atomic E-state index is 14.5. The molecule has 9 nitrogen and oxygen atoms in total. The maximum atomic E-state index is 14.5. The average molecular weight is 954 g/mol. The third-order valence-electron chi connectivity index (χ3n) is 10.4. The van der Waals surface area contributed by atoms with E-state index in [9.17, 15) is 33.4 Å². The number of halogens is 2. The number of rotatable bonds is 17. The molecule has 0 bridgehead atoms. The van der Waals surface area contributed by atoms with E-state index in [1.54, 1.807) is 24.3 Å². The number of hydrogen-bond donors (Lipinski definition) is 2. The van der Waals surface area contributed by atoms with Gasteiger partial charge in [0, 0.05) is 0 Å². The topological polar surface area (TPSA) is 129 Å². The molecular formula is C60H51F2O9+. The number of allylic oxidation sites excluding steroid dienone is 6. The third kappa shape index (κ3) is 15.8. The predicted octanol–water partition coefficient (Wildman–Crippen LogP) is 13.3. The van der Waals surface area contributed by atoms with Crippen LogP contribution in [0.2, 0.25) is 0 Å². The van der Waals surface area contributed by atoms with Gasteiger partial charge in [-0.3, -0.25) is 14.4 Å². The summed E-state index contributed by atoms with van der Waals surface area (Å²) in [6, 6.07) is 49.2. The number of hydrogen-bond acceptors (Lipinski definition) is 9. The van der Waals surface area contributed by atoms with E-state index in [0.717, 1.165) is 39.5 Å². The molecule has 71 heavy (non-hydrogen) atoms.